The monoisotopic (exact) mass is 302 g/mol. The lowest BCUT2D eigenvalue weighted by atomic mass is 10.2. The van der Waals surface area contributed by atoms with Crippen molar-refractivity contribution in [3.63, 3.8) is 0 Å². The number of rotatable bonds is 3. The first-order chi connectivity index (χ1) is 6.81. The van der Waals surface area contributed by atoms with Gasteiger partial charge < -0.3 is 9.30 Å². The smallest absolute Gasteiger partial charge is 0.0875 e. The lowest BCUT2D eigenvalue weighted by Crippen LogP contribution is -2.04. The van der Waals surface area contributed by atoms with Crippen LogP contribution in [0.3, 0.4) is 0 Å². The van der Waals surface area contributed by atoms with Crippen molar-refractivity contribution in [3.8, 4) is 11.3 Å². The Kier molecular flexibility index (Phi) is 3.02. The highest BCUT2D eigenvalue weighted by molar-refractivity contribution is 14.1. The Morgan fingerprint density at radius 2 is 2.43 bits per heavy atom. The molecule has 2 rings (SSSR count). The van der Waals surface area contributed by atoms with Crippen molar-refractivity contribution < 1.29 is 4.74 Å². The summed E-state index contributed by atoms with van der Waals surface area (Å²) in [6.07, 6.45) is 6.01. The zero-order valence-corrected chi connectivity index (χ0v) is 10.1. The normalized spacial score (nSPS) is 11.0. The Bertz CT molecular complexity index is 399. The molecular weight excluding hydrogens is 291 g/mol. The molecule has 0 aromatic carbocycles. The minimum absolute atomic E-state index is 0.730. The minimum Gasteiger partial charge on any atom is -0.383 e. The fraction of sp³-hybridized carbons (Fsp3) is 0.300. The molecule has 0 atom stereocenters. The number of methoxy groups -OCH3 is 1. The predicted molar refractivity (Wildman–Crippen MR) is 63.4 cm³/mol. The van der Waals surface area contributed by atoms with Gasteiger partial charge >= 0.3 is 0 Å². The van der Waals surface area contributed by atoms with E-state index in [0.717, 1.165) is 18.8 Å². The molecular formula is C10H11IN2O. The van der Waals surface area contributed by atoms with E-state index < -0.39 is 0 Å². The molecule has 4 heteroatoms. The second-order valence-corrected chi connectivity index (χ2v) is 4.24. The molecule has 0 amide bonds. The predicted octanol–water partition coefficient (Wildman–Crippen LogP) is 2.24. The first-order valence-corrected chi connectivity index (χ1v) is 5.48. The standard InChI is InChI=1S/C10H11IN2O/c1-14-5-4-13-3-2-8-9(11)6-12-10(8)7-13/h2-3,6-7H,4-5H2,1H3. The van der Waals surface area contributed by atoms with E-state index in [1.54, 1.807) is 7.11 Å². The highest BCUT2D eigenvalue weighted by Crippen LogP contribution is 2.25. The average molecular weight is 302 g/mol. The van der Waals surface area contributed by atoms with Gasteiger partial charge in [-0.3, -0.25) is 4.98 Å². The summed E-state index contributed by atoms with van der Waals surface area (Å²) in [4.78, 5) is 4.32. The van der Waals surface area contributed by atoms with Crippen LogP contribution in [-0.2, 0) is 11.3 Å². The zero-order valence-electron chi connectivity index (χ0n) is 7.90. The fourth-order valence-corrected chi connectivity index (χ4v) is 1.96. The van der Waals surface area contributed by atoms with Gasteiger partial charge in [0.15, 0.2) is 0 Å². The molecule has 2 aliphatic rings. The number of hydrogen-bond acceptors (Lipinski definition) is 2. The molecule has 0 radical (unpaired) electrons. The molecule has 0 aromatic heterocycles. The van der Waals surface area contributed by atoms with Gasteiger partial charge in [0.25, 0.3) is 0 Å². The third-order valence-corrected chi connectivity index (χ3v) is 2.98. The molecule has 0 saturated heterocycles. The first-order valence-electron chi connectivity index (χ1n) is 4.40. The minimum atomic E-state index is 0.730. The Morgan fingerprint density at radius 3 is 3.21 bits per heavy atom. The van der Waals surface area contributed by atoms with Crippen LogP contribution < -0.4 is 0 Å². The zero-order chi connectivity index (χ0) is 9.97. The molecule has 3 nitrogen and oxygen atoms in total. The number of fused-ring (bicyclic) bond motifs is 1. The van der Waals surface area contributed by atoms with Crippen molar-refractivity contribution in [2.45, 2.75) is 6.54 Å². The maximum atomic E-state index is 5.02. The molecule has 0 aromatic rings. The number of aromatic nitrogens is 2. The molecule has 0 aliphatic carbocycles. The largest absolute Gasteiger partial charge is 0.383 e. The van der Waals surface area contributed by atoms with E-state index in [-0.39, 0.29) is 0 Å². The summed E-state index contributed by atoms with van der Waals surface area (Å²) in [6.45, 7) is 1.60. The van der Waals surface area contributed by atoms with Gasteiger partial charge in [-0.2, -0.15) is 0 Å². The van der Waals surface area contributed by atoms with E-state index in [0.29, 0.717) is 0 Å². The van der Waals surface area contributed by atoms with Crippen LogP contribution in [0.25, 0.3) is 11.3 Å². The fourth-order valence-electron chi connectivity index (χ4n) is 1.36. The van der Waals surface area contributed by atoms with Gasteiger partial charge in [0.1, 0.15) is 0 Å². The first kappa shape index (κ1) is 9.92. The maximum Gasteiger partial charge on any atom is 0.0875 e. The van der Waals surface area contributed by atoms with E-state index in [9.17, 15) is 0 Å². The van der Waals surface area contributed by atoms with Gasteiger partial charge in [0.2, 0.25) is 0 Å². The molecule has 0 fully saturated rings. The Labute approximate surface area is 96.6 Å². The van der Waals surface area contributed by atoms with E-state index in [4.69, 9.17) is 4.74 Å². The number of nitrogens with zero attached hydrogens (tertiary/aromatic N) is 2. The average Bonchev–Trinajstić information content (AvgIpc) is 2.57. The Hall–Kier alpha value is -0.620. The quantitative estimate of drug-likeness (QED) is 0.813. The summed E-state index contributed by atoms with van der Waals surface area (Å²) in [6, 6.07) is 2.10. The summed E-state index contributed by atoms with van der Waals surface area (Å²) in [5.41, 5.74) is 2.27. The van der Waals surface area contributed by atoms with Gasteiger partial charge in [0.05, 0.1) is 12.3 Å². The van der Waals surface area contributed by atoms with Crippen molar-refractivity contribution in [2.75, 3.05) is 13.7 Å². The van der Waals surface area contributed by atoms with E-state index in [1.165, 1.54) is 9.13 Å². The Morgan fingerprint density at radius 1 is 1.57 bits per heavy atom. The van der Waals surface area contributed by atoms with Crippen molar-refractivity contribution in [1.29, 1.82) is 0 Å². The third kappa shape index (κ3) is 1.90. The lowest BCUT2D eigenvalue weighted by molar-refractivity contribution is 0.187. The van der Waals surface area contributed by atoms with E-state index in [2.05, 4.69) is 50.6 Å². The molecule has 2 aliphatic heterocycles. The molecule has 0 spiro atoms. The summed E-state index contributed by atoms with van der Waals surface area (Å²) >= 11 is 2.30. The highest BCUT2D eigenvalue weighted by atomic mass is 127. The highest BCUT2D eigenvalue weighted by Gasteiger charge is 2.08. The summed E-state index contributed by atoms with van der Waals surface area (Å²) < 4.78 is 8.32. The Balaban J connectivity index is 2.28. The maximum absolute atomic E-state index is 5.02. The molecule has 74 valence electrons. The number of ether oxygens (including phenoxy) is 1. The number of pyridine rings is 1. The molecule has 14 heavy (non-hydrogen) atoms. The van der Waals surface area contributed by atoms with Gasteiger partial charge in [-0.15, -0.1) is 0 Å². The molecule has 0 N–H and O–H groups in total. The van der Waals surface area contributed by atoms with Gasteiger partial charge in [-0.1, -0.05) is 0 Å². The summed E-state index contributed by atoms with van der Waals surface area (Å²) in [5, 5.41) is 0. The van der Waals surface area contributed by atoms with Crippen LogP contribution >= 0.6 is 22.6 Å². The van der Waals surface area contributed by atoms with Gasteiger partial charge in [-0.25, -0.2) is 0 Å². The van der Waals surface area contributed by atoms with E-state index >= 15 is 0 Å². The van der Waals surface area contributed by atoms with Crippen LogP contribution in [0.15, 0.2) is 24.7 Å². The van der Waals surface area contributed by atoms with Gasteiger partial charge in [-0.05, 0) is 28.7 Å². The number of hydrogen-bond donors (Lipinski definition) is 0. The van der Waals surface area contributed by atoms with Crippen LogP contribution in [0.1, 0.15) is 0 Å². The topological polar surface area (TPSA) is 27.1 Å². The van der Waals surface area contributed by atoms with Crippen LogP contribution in [0.4, 0.5) is 0 Å². The second kappa shape index (κ2) is 4.27. The molecule has 0 unspecified atom stereocenters. The van der Waals surface area contributed by atoms with Crippen molar-refractivity contribution >= 4 is 22.6 Å². The molecule has 2 heterocycles. The van der Waals surface area contributed by atoms with E-state index in [1.807, 2.05) is 6.20 Å². The van der Waals surface area contributed by atoms with Crippen LogP contribution in [0, 0.1) is 3.57 Å². The van der Waals surface area contributed by atoms with Gasteiger partial charge in [0, 0.05) is 41.4 Å². The van der Waals surface area contributed by atoms with Crippen LogP contribution in [-0.4, -0.2) is 23.3 Å². The SMILES string of the molecule is COCCn1ccc2c(I)cnc-2c1. The molecule has 0 bridgehead atoms. The van der Waals surface area contributed by atoms with Crippen molar-refractivity contribution in [3.05, 3.63) is 28.2 Å². The lowest BCUT2D eigenvalue weighted by Gasteiger charge is -2.07. The summed E-state index contributed by atoms with van der Waals surface area (Å²) in [7, 11) is 1.71. The third-order valence-electron chi connectivity index (χ3n) is 2.12. The van der Waals surface area contributed by atoms with Crippen LogP contribution in [0.5, 0.6) is 0 Å². The van der Waals surface area contributed by atoms with Crippen molar-refractivity contribution in [1.82, 2.24) is 9.55 Å². The second-order valence-electron chi connectivity index (χ2n) is 3.08. The van der Waals surface area contributed by atoms with Crippen molar-refractivity contribution in [2.24, 2.45) is 0 Å². The van der Waals surface area contributed by atoms with Crippen LogP contribution in [0.2, 0.25) is 0 Å². The summed E-state index contributed by atoms with van der Waals surface area (Å²) in [5.74, 6) is 0. The number of halogens is 1. The molecule has 0 saturated carbocycles.